The van der Waals surface area contributed by atoms with E-state index in [9.17, 15) is 0 Å². The second-order valence-corrected chi connectivity index (χ2v) is 12.9. The third-order valence-corrected chi connectivity index (χ3v) is 10.3. The third kappa shape index (κ3) is 4.07. The molecule has 1 heterocycles. The summed E-state index contributed by atoms with van der Waals surface area (Å²) < 4.78 is 6.75. The standard InChI is InChI=1S/C47H31NO/c1-3-15-32(16-4-1)47(33-17-5-2-6-18-33)42-24-11-9-20-36(42)37-29-27-34(30-43(37)47)48-44-25-12-10-21-38(44)39-22-13-23-40-41-28-26-31-14-7-8-19-35(31)45(41)49-46(39)40/h1-30,48H. The van der Waals surface area contributed by atoms with E-state index in [4.69, 9.17) is 4.42 Å². The minimum absolute atomic E-state index is 0.450. The Hall–Kier alpha value is -6.38. The quantitative estimate of drug-likeness (QED) is 0.206. The minimum atomic E-state index is -0.450. The molecule has 49 heavy (non-hydrogen) atoms. The van der Waals surface area contributed by atoms with E-state index in [2.05, 4.69) is 187 Å². The van der Waals surface area contributed by atoms with Crippen molar-refractivity contribution in [2.75, 3.05) is 5.32 Å². The Kier molecular flexibility index (Phi) is 6.13. The van der Waals surface area contributed by atoms with Crippen LogP contribution >= 0.6 is 0 Å². The largest absolute Gasteiger partial charge is 0.455 e. The first kappa shape index (κ1) is 27.7. The predicted octanol–water partition coefficient (Wildman–Crippen LogP) is 12.5. The van der Waals surface area contributed by atoms with E-state index in [-0.39, 0.29) is 0 Å². The Bertz CT molecular complexity index is 2650. The van der Waals surface area contributed by atoms with Crippen LogP contribution in [-0.4, -0.2) is 0 Å². The molecular weight excluding hydrogens is 595 g/mol. The van der Waals surface area contributed by atoms with Crippen molar-refractivity contribution in [1.29, 1.82) is 0 Å². The zero-order valence-corrected chi connectivity index (χ0v) is 26.7. The molecule has 1 aliphatic carbocycles. The van der Waals surface area contributed by atoms with Crippen LogP contribution in [0, 0.1) is 0 Å². The van der Waals surface area contributed by atoms with Gasteiger partial charge >= 0.3 is 0 Å². The highest BCUT2D eigenvalue weighted by molar-refractivity contribution is 6.17. The maximum Gasteiger partial charge on any atom is 0.143 e. The van der Waals surface area contributed by atoms with Gasteiger partial charge in [0.15, 0.2) is 0 Å². The number of furan rings is 1. The van der Waals surface area contributed by atoms with Crippen molar-refractivity contribution in [2.24, 2.45) is 0 Å². The Morgan fingerprint density at radius 3 is 1.82 bits per heavy atom. The lowest BCUT2D eigenvalue weighted by atomic mass is 9.67. The molecule has 1 N–H and O–H groups in total. The SMILES string of the molecule is c1ccc(C2(c3ccccc3)c3ccccc3-c3ccc(Nc4ccccc4-c4cccc5c4oc4c6ccccc6ccc54)cc32)cc1. The summed E-state index contributed by atoms with van der Waals surface area (Å²) in [5, 5.41) is 8.43. The molecule has 2 nitrogen and oxygen atoms in total. The van der Waals surface area contributed by atoms with Crippen molar-refractivity contribution in [3.8, 4) is 22.3 Å². The molecule has 0 aliphatic heterocycles. The lowest BCUT2D eigenvalue weighted by Gasteiger charge is -2.34. The first-order valence-electron chi connectivity index (χ1n) is 16.9. The van der Waals surface area contributed by atoms with Gasteiger partial charge in [-0.3, -0.25) is 0 Å². The molecule has 10 rings (SSSR count). The Balaban J connectivity index is 1.15. The highest BCUT2D eigenvalue weighted by Crippen LogP contribution is 2.56. The van der Waals surface area contributed by atoms with Gasteiger partial charge in [-0.15, -0.1) is 0 Å². The van der Waals surface area contributed by atoms with Gasteiger partial charge in [-0.05, 0) is 63.0 Å². The van der Waals surface area contributed by atoms with Gasteiger partial charge in [-0.2, -0.15) is 0 Å². The summed E-state index contributed by atoms with van der Waals surface area (Å²) >= 11 is 0. The summed E-state index contributed by atoms with van der Waals surface area (Å²) in [6.07, 6.45) is 0. The maximum absolute atomic E-state index is 6.75. The molecule has 9 aromatic rings. The number of hydrogen-bond acceptors (Lipinski definition) is 2. The van der Waals surface area contributed by atoms with E-state index in [0.29, 0.717) is 0 Å². The Morgan fingerprint density at radius 1 is 0.388 bits per heavy atom. The molecule has 0 unspecified atom stereocenters. The Labute approximate surface area is 284 Å². The van der Waals surface area contributed by atoms with E-state index < -0.39 is 5.41 Å². The van der Waals surface area contributed by atoms with Gasteiger partial charge in [0.2, 0.25) is 0 Å². The number of rotatable bonds is 5. The molecule has 1 aliphatic rings. The molecule has 0 saturated heterocycles. The number of benzene rings is 8. The van der Waals surface area contributed by atoms with Gasteiger partial charge in [0.05, 0.1) is 5.41 Å². The number of para-hydroxylation sites is 2. The van der Waals surface area contributed by atoms with Crippen LogP contribution in [0.25, 0.3) is 55.0 Å². The second kappa shape index (κ2) is 10.8. The molecule has 0 spiro atoms. The molecule has 0 bridgehead atoms. The van der Waals surface area contributed by atoms with Gasteiger partial charge in [0, 0.05) is 38.7 Å². The van der Waals surface area contributed by atoms with E-state index in [1.54, 1.807) is 0 Å². The molecule has 0 amide bonds. The van der Waals surface area contributed by atoms with Crippen molar-refractivity contribution in [2.45, 2.75) is 5.41 Å². The van der Waals surface area contributed by atoms with Gasteiger partial charge in [-0.1, -0.05) is 158 Å². The van der Waals surface area contributed by atoms with Crippen LogP contribution in [0.4, 0.5) is 11.4 Å². The summed E-state index contributed by atoms with van der Waals surface area (Å²) in [6, 6.07) is 65.5. The normalized spacial score (nSPS) is 13.1. The third-order valence-electron chi connectivity index (χ3n) is 10.3. The maximum atomic E-state index is 6.75. The Morgan fingerprint density at radius 2 is 1.00 bits per heavy atom. The second-order valence-electron chi connectivity index (χ2n) is 12.9. The summed E-state index contributed by atoms with van der Waals surface area (Å²) in [5.41, 5.74) is 13.3. The topological polar surface area (TPSA) is 25.2 Å². The van der Waals surface area contributed by atoms with E-state index >= 15 is 0 Å². The van der Waals surface area contributed by atoms with Crippen molar-refractivity contribution in [1.82, 2.24) is 0 Å². The highest BCUT2D eigenvalue weighted by atomic mass is 16.3. The zero-order valence-electron chi connectivity index (χ0n) is 26.7. The molecule has 230 valence electrons. The molecule has 1 aromatic heterocycles. The lowest BCUT2D eigenvalue weighted by molar-refractivity contribution is 0.674. The fourth-order valence-corrected chi connectivity index (χ4v) is 8.24. The average Bonchev–Trinajstić information content (AvgIpc) is 3.70. The van der Waals surface area contributed by atoms with Gasteiger partial charge in [-0.25, -0.2) is 0 Å². The number of nitrogens with one attached hydrogen (secondary N) is 1. The minimum Gasteiger partial charge on any atom is -0.455 e. The van der Waals surface area contributed by atoms with Crippen LogP contribution in [0.2, 0.25) is 0 Å². The summed E-state index contributed by atoms with van der Waals surface area (Å²) in [6.45, 7) is 0. The zero-order chi connectivity index (χ0) is 32.4. The molecule has 0 saturated carbocycles. The van der Waals surface area contributed by atoms with E-state index in [1.165, 1.54) is 38.8 Å². The molecule has 8 aromatic carbocycles. The van der Waals surface area contributed by atoms with Gasteiger partial charge < -0.3 is 9.73 Å². The van der Waals surface area contributed by atoms with E-state index in [0.717, 1.165) is 49.8 Å². The molecule has 0 radical (unpaired) electrons. The van der Waals surface area contributed by atoms with Gasteiger partial charge in [0.25, 0.3) is 0 Å². The monoisotopic (exact) mass is 625 g/mol. The summed E-state index contributed by atoms with van der Waals surface area (Å²) in [7, 11) is 0. The highest BCUT2D eigenvalue weighted by Gasteiger charge is 2.46. The number of hydrogen-bond donors (Lipinski definition) is 1. The summed E-state index contributed by atoms with van der Waals surface area (Å²) in [5.74, 6) is 0. The predicted molar refractivity (Wildman–Crippen MR) is 204 cm³/mol. The fourth-order valence-electron chi connectivity index (χ4n) is 8.24. The van der Waals surface area contributed by atoms with Crippen LogP contribution in [0.1, 0.15) is 22.3 Å². The smallest absolute Gasteiger partial charge is 0.143 e. The van der Waals surface area contributed by atoms with Crippen LogP contribution in [0.15, 0.2) is 186 Å². The van der Waals surface area contributed by atoms with Crippen molar-refractivity contribution in [3.05, 3.63) is 204 Å². The molecule has 2 heteroatoms. The molecular formula is C47H31NO. The molecule has 0 fully saturated rings. The van der Waals surface area contributed by atoms with Crippen molar-refractivity contribution < 1.29 is 4.42 Å². The van der Waals surface area contributed by atoms with Crippen LogP contribution < -0.4 is 5.32 Å². The van der Waals surface area contributed by atoms with Crippen LogP contribution in [0.5, 0.6) is 0 Å². The fraction of sp³-hybridized carbons (Fsp3) is 0.0213. The molecule has 0 atom stereocenters. The van der Waals surface area contributed by atoms with Crippen LogP contribution in [-0.2, 0) is 5.41 Å². The first-order chi connectivity index (χ1) is 24.3. The summed E-state index contributed by atoms with van der Waals surface area (Å²) in [4.78, 5) is 0. The lowest BCUT2D eigenvalue weighted by Crippen LogP contribution is -2.28. The average molecular weight is 626 g/mol. The van der Waals surface area contributed by atoms with Crippen molar-refractivity contribution >= 4 is 44.1 Å². The first-order valence-corrected chi connectivity index (χ1v) is 16.9. The van der Waals surface area contributed by atoms with Crippen molar-refractivity contribution in [3.63, 3.8) is 0 Å². The number of fused-ring (bicyclic) bond motifs is 8. The number of anilines is 2. The van der Waals surface area contributed by atoms with Crippen LogP contribution in [0.3, 0.4) is 0 Å². The van der Waals surface area contributed by atoms with E-state index in [1.807, 2.05) is 0 Å². The van der Waals surface area contributed by atoms with Gasteiger partial charge in [0.1, 0.15) is 11.2 Å².